The van der Waals surface area contributed by atoms with Crippen LogP contribution in [0.4, 0.5) is 5.69 Å². The summed E-state index contributed by atoms with van der Waals surface area (Å²) in [6, 6.07) is 22.5. The van der Waals surface area contributed by atoms with Gasteiger partial charge in [-0.1, -0.05) is 46.3 Å². The second-order valence-electron chi connectivity index (χ2n) is 6.60. The molecule has 0 fully saturated rings. The molecule has 150 valence electrons. The number of carbonyl (C=O) groups is 1. The van der Waals surface area contributed by atoms with E-state index in [0.717, 1.165) is 26.6 Å². The summed E-state index contributed by atoms with van der Waals surface area (Å²) in [7, 11) is 3.14. The Hall–Kier alpha value is -3.38. The molecule has 0 aliphatic rings. The molecule has 0 unspecified atom stereocenters. The van der Waals surface area contributed by atoms with Gasteiger partial charge in [-0.25, -0.2) is 4.98 Å². The second kappa shape index (κ2) is 8.55. The molecule has 0 spiro atoms. The molecule has 0 atom stereocenters. The molecule has 4 aromatic rings. The van der Waals surface area contributed by atoms with Gasteiger partial charge in [-0.15, -0.1) is 0 Å². The SMILES string of the molecule is COc1ccc(NC(=O)c2cc(-c3cccc(Br)c3)nc3ccccc23)c(OC)c1. The molecule has 0 radical (unpaired) electrons. The third-order valence-electron chi connectivity index (χ3n) is 4.74. The molecule has 3 aromatic carbocycles. The van der Waals surface area contributed by atoms with Gasteiger partial charge < -0.3 is 14.8 Å². The third-order valence-corrected chi connectivity index (χ3v) is 5.23. The summed E-state index contributed by atoms with van der Waals surface area (Å²) in [5.74, 6) is 0.928. The Balaban J connectivity index is 1.79. The van der Waals surface area contributed by atoms with Crippen molar-refractivity contribution in [3.8, 4) is 22.8 Å². The van der Waals surface area contributed by atoms with Crippen molar-refractivity contribution in [3.05, 3.63) is 82.8 Å². The molecule has 0 saturated heterocycles. The normalized spacial score (nSPS) is 10.6. The number of rotatable bonds is 5. The number of amides is 1. The number of nitrogens with zero attached hydrogens (tertiary/aromatic N) is 1. The first-order valence-corrected chi connectivity index (χ1v) is 10.1. The molecule has 0 aliphatic heterocycles. The van der Waals surface area contributed by atoms with Crippen molar-refractivity contribution in [2.24, 2.45) is 0 Å². The number of hydrogen-bond donors (Lipinski definition) is 1. The fraction of sp³-hybridized carbons (Fsp3) is 0.0833. The Morgan fingerprint density at radius 2 is 1.77 bits per heavy atom. The highest BCUT2D eigenvalue weighted by molar-refractivity contribution is 9.10. The van der Waals surface area contributed by atoms with E-state index in [1.165, 1.54) is 0 Å². The van der Waals surface area contributed by atoms with Crippen LogP contribution in [0.2, 0.25) is 0 Å². The molecule has 1 N–H and O–H groups in total. The number of ether oxygens (including phenoxy) is 2. The average Bonchev–Trinajstić information content (AvgIpc) is 2.78. The zero-order valence-electron chi connectivity index (χ0n) is 16.5. The lowest BCUT2D eigenvalue weighted by atomic mass is 10.0. The molecule has 1 aromatic heterocycles. The smallest absolute Gasteiger partial charge is 0.256 e. The van der Waals surface area contributed by atoms with E-state index in [4.69, 9.17) is 14.5 Å². The van der Waals surface area contributed by atoms with Crippen LogP contribution in [0, 0.1) is 0 Å². The van der Waals surface area contributed by atoms with Gasteiger partial charge >= 0.3 is 0 Å². The number of aromatic nitrogens is 1. The Labute approximate surface area is 182 Å². The highest BCUT2D eigenvalue weighted by Crippen LogP contribution is 2.31. The maximum atomic E-state index is 13.3. The highest BCUT2D eigenvalue weighted by Gasteiger charge is 2.16. The summed E-state index contributed by atoms with van der Waals surface area (Å²) >= 11 is 3.50. The van der Waals surface area contributed by atoms with Crippen LogP contribution >= 0.6 is 15.9 Å². The van der Waals surface area contributed by atoms with Crippen molar-refractivity contribution in [2.45, 2.75) is 0 Å². The van der Waals surface area contributed by atoms with E-state index in [0.29, 0.717) is 22.7 Å². The molecule has 1 heterocycles. The van der Waals surface area contributed by atoms with Crippen LogP contribution in [-0.4, -0.2) is 25.1 Å². The van der Waals surface area contributed by atoms with Gasteiger partial charge in [0.2, 0.25) is 0 Å². The zero-order chi connectivity index (χ0) is 21.1. The van der Waals surface area contributed by atoms with Gasteiger partial charge in [-0.2, -0.15) is 0 Å². The molecule has 0 aliphatic carbocycles. The van der Waals surface area contributed by atoms with Crippen molar-refractivity contribution in [1.82, 2.24) is 4.98 Å². The number of pyridine rings is 1. The van der Waals surface area contributed by atoms with E-state index in [1.807, 2.05) is 54.6 Å². The molecule has 0 bridgehead atoms. The number of anilines is 1. The third kappa shape index (κ3) is 4.00. The Morgan fingerprint density at radius 1 is 0.933 bits per heavy atom. The van der Waals surface area contributed by atoms with Crippen LogP contribution in [0.5, 0.6) is 11.5 Å². The van der Waals surface area contributed by atoms with E-state index in [1.54, 1.807) is 32.4 Å². The second-order valence-corrected chi connectivity index (χ2v) is 7.52. The summed E-state index contributed by atoms with van der Waals surface area (Å²) in [5, 5.41) is 3.73. The Kier molecular flexibility index (Phi) is 5.68. The minimum absolute atomic E-state index is 0.242. The first-order valence-electron chi connectivity index (χ1n) is 9.28. The molecule has 6 heteroatoms. The van der Waals surface area contributed by atoms with Gasteiger partial charge in [0, 0.05) is 21.5 Å². The fourth-order valence-corrected chi connectivity index (χ4v) is 3.65. The first kappa shape index (κ1) is 19.9. The summed E-state index contributed by atoms with van der Waals surface area (Å²) in [5.41, 5.74) is 3.50. The van der Waals surface area contributed by atoms with E-state index in [9.17, 15) is 4.79 Å². The number of nitrogens with one attached hydrogen (secondary N) is 1. The number of halogens is 1. The topological polar surface area (TPSA) is 60.5 Å². The average molecular weight is 463 g/mol. The quantitative estimate of drug-likeness (QED) is 0.398. The van der Waals surface area contributed by atoms with Crippen molar-refractivity contribution < 1.29 is 14.3 Å². The Morgan fingerprint density at radius 3 is 2.53 bits per heavy atom. The lowest BCUT2D eigenvalue weighted by Crippen LogP contribution is -2.14. The number of methoxy groups -OCH3 is 2. The van der Waals surface area contributed by atoms with Crippen LogP contribution in [-0.2, 0) is 0 Å². The maximum absolute atomic E-state index is 13.3. The maximum Gasteiger partial charge on any atom is 0.256 e. The number of para-hydroxylation sites is 1. The standard InChI is InChI=1S/C24H19BrN2O3/c1-29-17-10-11-21(23(13-17)30-2)27-24(28)19-14-22(15-6-5-7-16(25)12-15)26-20-9-4-3-8-18(19)20/h3-14H,1-2H3,(H,27,28). The van der Waals surface area contributed by atoms with Crippen LogP contribution < -0.4 is 14.8 Å². The van der Waals surface area contributed by atoms with Gasteiger partial charge in [0.05, 0.1) is 36.7 Å². The van der Waals surface area contributed by atoms with Crippen molar-refractivity contribution in [2.75, 3.05) is 19.5 Å². The lowest BCUT2D eigenvalue weighted by Gasteiger charge is -2.13. The summed E-state index contributed by atoms with van der Waals surface area (Å²) in [4.78, 5) is 18.0. The lowest BCUT2D eigenvalue weighted by molar-refractivity contribution is 0.102. The fourth-order valence-electron chi connectivity index (χ4n) is 3.25. The molecule has 30 heavy (non-hydrogen) atoms. The molecule has 5 nitrogen and oxygen atoms in total. The van der Waals surface area contributed by atoms with Gasteiger partial charge in [0.25, 0.3) is 5.91 Å². The number of benzene rings is 3. The summed E-state index contributed by atoms with van der Waals surface area (Å²) in [6.45, 7) is 0. The van der Waals surface area contributed by atoms with Crippen LogP contribution in [0.1, 0.15) is 10.4 Å². The zero-order valence-corrected chi connectivity index (χ0v) is 18.1. The van der Waals surface area contributed by atoms with E-state index < -0.39 is 0 Å². The van der Waals surface area contributed by atoms with Gasteiger partial charge in [-0.3, -0.25) is 4.79 Å². The Bertz CT molecular complexity index is 1240. The first-order chi connectivity index (χ1) is 14.6. The molecule has 1 amide bonds. The predicted octanol–water partition coefficient (Wildman–Crippen LogP) is 5.93. The van der Waals surface area contributed by atoms with E-state index >= 15 is 0 Å². The number of fused-ring (bicyclic) bond motifs is 1. The predicted molar refractivity (Wildman–Crippen MR) is 122 cm³/mol. The number of hydrogen-bond acceptors (Lipinski definition) is 4. The minimum atomic E-state index is -0.242. The largest absolute Gasteiger partial charge is 0.497 e. The van der Waals surface area contributed by atoms with Crippen molar-refractivity contribution in [3.63, 3.8) is 0 Å². The van der Waals surface area contributed by atoms with Gasteiger partial charge in [0.15, 0.2) is 0 Å². The molecular formula is C24H19BrN2O3. The highest BCUT2D eigenvalue weighted by atomic mass is 79.9. The van der Waals surface area contributed by atoms with Crippen LogP contribution in [0.3, 0.4) is 0 Å². The van der Waals surface area contributed by atoms with Gasteiger partial charge in [-0.05, 0) is 36.4 Å². The van der Waals surface area contributed by atoms with Crippen LogP contribution in [0.15, 0.2) is 77.3 Å². The summed E-state index contributed by atoms with van der Waals surface area (Å²) < 4.78 is 11.6. The van der Waals surface area contributed by atoms with Crippen molar-refractivity contribution >= 4 is 38.4 Å². The summed E-state index contributed by atoms with van der Waals surface area (Å²) in [6.07, 6.45) is 0. The van der Waals surface area contributed by atoms with E-state index in [2.05, 4.69) is 21.2 Å². The monoisotopic (exact) mass is 462 g/mol. The molecular weight excluding hydrogens is 444 g/mol. The van der Waals surface area contributed by atoms with Crippen LogP contribution in [0.25, 0.3) is 22.2 Å². The molecule has 4 rings (SSSR count). The van der Waals surface area contributed by atoms with E-state index in [-0.39, 0.29) is 5.91 Å². The number of carbonyl (C=O) groups excluding carboxylic acids is 1. The van der Waals surface area contributed by atoms with Gasteiger partial charge in [0.1, 0.15) is 11.5 Å². The minimum Gasteiger partial charge on any atom is -0.497 e. The molecule has 0 saturated carbocycles. The van der Waals surface area contributed by atoms with Crippen molar-refractivity contribution in [1.29, 1.82) is 0 Å².